The maximum absolute atomic E-state index is 16.2. The number of benzene rings is 2. The van der Waals surface area contributed by atoms with Crippen LogP contribution in [0.25, 0.3) is 11.1 Å². The molecule has 0 bridgehead atoms. The van der Waals surface area contributed by atoms with Crippen LogP contribution in [0.4, 0.5) is 30.7 Å². The van der Waals surface area contributed by atoms with E-state index in [0.717, 1.165) is 36.0 Å². The third-order valence-electron chi connectivity index (χ3n) is 10.2. The van der Waals surface area contributed by atoms with Crippen molar-refractivity contribution in [2.24, 2.45) is 11.8 Å². The van der Waals surface area contributed by atoms with Crippen molar-refractivity contribution >= 4 is 11.9 Å². The van der Waals surface area contributed by atoms with Gasteiger partial charge in [-0.05, 0) is 110 Å². The number of nitrogens with one attached hydrogen (secondary N) is 1. The number of carboxylic acids is 1. The number of alkyl halides is 5. The smallest absolute Gasteiger partial charge is 0.419 e. The van der Waals surface area contributed by atoms with Crippen LogP contribution >= 0.6 is 0 Å². The van der Waals surface area contributed by atoms with Gasteiger partial charge in [0.05, 0.1) is 18.0 Å². The molecular weight excluding hydrogens is 693 g/mol. The Balaban J connectivity index is 1.90. The first kappa shape index (κ1) is 40.6. The molecule has 4 rings (SSSR count). The van der Waals surface area contributed by atoms with E-state index >= 15 is 4.39 Å². The van der Waals surface area contributed by atoms with E-state index in [0.29, 0.717) is 25.3 Å². The second kappa shape index (κ2) is 15.4. The van der Waals surface area contributed by atoms with Gasteiger partial charge in [0.25, 0.3) is 11.5 Å². The Morgan fingerprint density at radius 1 is 0.962 bits per heavy atom. The highest BCUT2D eigenvalue weighted by Crippen LogP contribution is 2.43. The molecule has 1 heterocycles. The lowest BCUT2D eigenvalue weighted by molar-refractivity contribution is -0.140. The lowest BCUT2D eigenvalue weighted by Crippen LogP contribution is -2.41. The fraction of sp³-hybridized carbons (Fsp3) is 0.513. The minimum absolute atomic E-state index is 0.0436. The fourth-order valence-corrected chi connectivity index (χ4v) is 7.14. The number of aryl methyl sites for hydroxylation is 2. The monoisotopic (exact) mass is 738 g/mol. The molecule has 0 radical (unpaired) electrons. The Bertz CT molecular complexity index is 1910. The predicted molar refractivity (Wildman–Crippen MR) is 183 cm³/mol. The van der Waals surface area contributed by atoms with Crippen molar-refractivity contribution in [3.05, 3.63) is 90.9 Å². The number of aliphatic carboxylic acids is 1. The second-order valence-electron chi connectivity index (χ2n) is 14.6. The van der Waals surface area contributed by atoms with E-state index in [1.165, 1.54) is 33.9 Å². The lowest BCUT2D eigenvalue weighted by atomic mass is 9.81. The van der Waals surface area contributed by atoms with Crippen molar-refractivity contribution in [1.82, 2.24) is 9.88 Å². The summed E-state index contributed by atoms with van der Waals surface area (Å²) in [5.74, 6) is -8.28. The standard InChI is InChI=1S/C39H45F7N2O4/c1-19(2)13-31(48-18-25(12-11-24-9-8-10-24)27(16-32(48)49)38(7,42)43)37(52)47-30(17-33(50)51)35-23(6)26(15-28(36(35)41)39(44,45)46)34-20(3)14-29(40)21(4)22(34)5/h14-16,18-19,24,30-31H,8-13,17H2,1-7H3,(H,47,52)(H,50,51)/t30-,31-/m0/s1. The van der Waals surface area contributed by atoms with E-state index in [2.05, 4.69) is 5.32 Å². The molecule has 0 aliphatic heterocycles. The molecule has 1 aliphatic carbocycles. The number of aromatic nitrogens is 1. The molecule has 52 heavy (non-hydrogen) atoms. The molecular formula is C39H45F7N2O4. The zero-order valence-electron chi connectivity index (χ0n) is 30.3. The SMILES string of the molecule is Cc1cc(F)c(C)c(C)c1-c1cc(C(F)(F)F)c(F)c([C@H](CC(=O)O)NC(=O)[C@H](CC(C)C)n2cc(CCC3CCC3)c(C(C)(F)F)cc2=O)c1C. The third kappa shape index (κ3) is 8.71. The Labute approximate surface area is 298 Å². The lowest BCUT2D eigenvalue weighted by Gasteiger charge is -2.29. The van der Waals surface area contributed by atoms with Gasteiger partial charge in [0.2, 0.25) is 5.91 Å². The molecule has 0 unspecified atom stereocenters. The van der Waals surface area contributed by atoms with Gasteiger partial charge in [0.15, 0.2) is 0 Å². The normalized spacial score (nSPS) is 15.1. The topological polar surface area (TPSA) is 88.4 Å². The summed E-state index contributed by atoms with van der Waals surface area (Å²) in [7, 11) is 0. The van der Waals surface area contributed by atoms with Crippen LogP contribution in [0, 0.1) is 51.2 Å². The molecule has 0 spiro atoms. The van der Waals surface area contributed by atoms with E-state index in [-0.39, 0.29) is 57.7 Å². The fourth-order valence-electron chi connectivity index (χ4n) is 7.14. The molecule has 1 aliphatic rings. The number of carbonyl (C=O) groups is 2. The maximum Gasteiger partial charge on any atom is 0.419 e. The molecule has 2 aromatic carbocycles. The van der Waals surface area contributed by atoms with Crippen LogP contribution in [0.15, 0.2) is 29.2 Å². The van der Waals surface area contributed by atoms with Crippen molar-refractivity contribution in [2.75, 3.05) is 0 Å². The van der Waals surface area contributed by atoms with Crippen LogP contribution in [0.2, 0.25) is 0 Å². The van der Waals surface area contributed by atoms with Gasteiger partial charge in [0.1, 0.15) is 17.7 Å². The van der Waals surface area contributed by atoms with E-state index in [9.17, 15) is 45.8 Å². The molecule has 6 nitrogen and oxygen atoms in total. The highest BCUT2D eigenvalue weighted by molar-refractivity contribution is 5.83. The summed E-state index contributed by atoms with van der Waals surface area (Å²) in [6.45, 7) is 9.83. The highest BCUT2D eigenvalue weighted by Gasteiger charge is 2.40. The van der Waals surface area contributed by atoms with Crippen molar-refractivity contribution in [1.29, 1.82) is 0 Å². The first-order chi connectivity index (χ1) is 24.0. The number of nitrogens with zero attached hydrogens (tertiary/aromatic N) is 1. The van der Waals surface area contributed by atoms with Crippen LogP contribution in [0.5, 0.6) is 0 Å². The Kier molecular flexibility index (Phi) is 12.1. The van der Waals surface area contributed by atoms with Gasteiger partial charge < -0.3 is 15.0 Å². The van der Waals surface area contributed by atoms with Gasteiger partial charge in [-0.2, -0.15) is 13.2 Å². The second-order valence-corrected chi connectivity index (χ2v) is 14.6. The van der Waals surface area contributed by atoms with Crippen molar-refractivity contribution < 1.29 is 45.4 Å². The first-order valence-corrected chi connectivity index (χ1v) is 17.3. The van der Waals surface area contributed by atoms with E-state index < -0.39 is 76.4 Å². The largest absolute Gasteiger partial charge is 0.481 e. The molecule has 1 aromatic heterocycles. The molecule has 2 atom stereocenters. The molecule has 0 saturated heterocycles. The number of pyridine rings is 1. The molecule has 3 aromatic rings. The number of hydrogen-bond donors (Lipinski definition) is 2. The Hall–Kier alpha value is -4.16. The van der Waals surface area contributed by atoms with Crippen LogP contribution in [0.1, 0.15) is 116 Å². The highest BCUT2D eigenvalue weighted by atomic mass is 19.4. The van der Waals surface area contributed by atoms with Crippen molar-refractivity contribution in [2.45, 2.75) is 118 Å². The van der Waals surface area contributed by atoms with Gasteiger partial charge in [-0.3, -0.25) is 14.4 Å². The zero-order valence-corrected chi connectivity index (χ0v) is 30.3. The van der Waals surface area contributed by atoms with Crippen molar-refractivity contribution in [3.63, 3.8) is 0 Å². The predicted octanol–water partition coefficient (Wildman–Crippen LogP) is 9.81. The van der Waals surface area contributed by atoms with Gasteiger partial charge in [-0.25, -0.2) is 17.6 Å². The van der Waals surface area contributed by atoms with E-state index in [4.69, 9.17) is 0 Å². The molecule has 1 amide bonds. The quantitative estimate of drug-likeness (QED) is 0.171. The first-order valence-electron chi connectivity index (χ1n) is 17.3. The Morgan fingerprint density at radius 2 is 1.60 bits per heavy atom. The summed E-state index contributed by atoms with van der Waals surface area (Å²) in [6.07, 6.45) is -1.38. The average molecular weight is 739 g/mol. The molecule has 1 saturated carbocycles. The van der Waals surface area contributed by atoms with Crippen LogP contribution in [-0.2, 0) is 28.1 Å². The minimum Gasteiger partial charge on any atom is -0.481 e. The maximum atomic E-state index is 16.2. The van der Waals surface area contributed by atoms with Gasteiger partial charge in [0, 0.05) is 30.3 Å². The summed E-state index contributed by atoms with van der Waals surface area (Å²) in [5.41, 5.74) is -3.06. The summed E-state index contributed by atoms with van der Waals surface area (Å²) < 4.78 is 104. The molecule has 13 heteroatoms. The molecule has 1 fully saturated rings. The zero-order chi connectivity index (χ0) is 39.0. The number of hydrogen-bond acceptors (Lipinski definition) is 3. The number of rotatable bonds is 13. The number of amides is 1. The van der Waals surface area contributed by atoms with Crippen LogP contribution in [0.3, 0.4) is 0 Å². The third-order valence-corrected chi connectivity index (χ3v) is 10.2. The summed E-state index contributed by atoms with van der Waals surface area (Å²) in [5, 5.41) is 12.3. The van der Waals surface area contributed by atoms with Crippen LogP contribution < -0.4 is 10.9 Å². The average Bonchev–Trinajstić information content (AvgIpc) is 2.98. The van der Waals surface area contributed by atoms with Gasteiger partial charge in [-0.15, -0.1) is 0 Å². The molecule has 2 N–H and O–H groups in total. The Morgan fingerprint density at radius 3 is 2.12 bits per heavy atom. The molecule has 284 valence electrons. The van der Waals surface area contributed by atoms with Crippen LogP contribution in [-0.4, -0.2) is 21.6 Å². The minimum atomic E-state index is -5.25. The van der Waals surface area contributed by atoms with Crippen molar-refractivity contribution in [3.8, 4) is 11.1 Å². The van der Waals surface area contributed by atoms with E-state index in [1.807, 2.05) is 0 Å². The van der Waals surface area contributed by atoms with E-state index in [1.54, 1.807) is 13.8 Å². The number of halogens is 7. The number of carbonyl (C=O) groups excluding carboxylic acids is 1. The van der Waals surface area contributed by atoms with Gasteiger partial charge >= 0.3 is 12.1 Å². The number of carboxylic acid groups (broad SMARTS) is 1. The summed E-state index contributed by atoms with van der Waals surface area (Å²) >= 11 is 0. The summed E-state index contributed by atoms with van der Waals surface area (Å²) in [6, 6.07) is -0.764. The van der Waals surface area contributed by atoms with Gasteiger partial charge in [-0.1, -0.05) is 33.1 Å². The summed E-state index contributed by atoms with van der Waals surface area (Å²) in [4.78, 5) is 39.7.